The van der Waals surface area contributed by atoms with Crippen molar-refractivity contribution in [3.63, 3.8) is 0 Å². The third-order valence-electron chi connectivity index (χ3n) is 6.25. The van der Waals surface area contributed by atoms with Gasteiger partial charge in [0.15, 0.2) is 0 Å². The zero-order valence-electron chi connectivity index (χ0n) is 18.3. The van der Waals surface area contributed by atoms with E-state index < -0.39 is 0 Å². The van der Waals surface area contributed by atoms with Crippen molar-refractivity contribution < 1.29 is 9.59 Å². The lowest BCUT2D eigenvalue weighted by molar-refractivity contribution is -0.142. The molecule has 2 amide bonds. The maximum absolute atomic E-state index is 13.3. The molecule has 5 nitrogen and oxygen atoms in total. The Morgan fingerprint density at radius 3 is 2.43 bits per heavy atom. The van der Waals surface area contributed by atoms with Gasteiger partial charge in [-0.25, -0.2) is 0 Å². The van der Waals surface area contributed by atoms with E-state index in [1.165, 1.54) is 5.56 Å². The highest BCUT2D eigenvalue weighted by Crippen LogP contribution is 2.49. The number of aryl methyl sites for hydroxylation is 1. The Balaban J connectivity index is 1.43. The van der Waals surface area contributed by atoms with Crippen molar-refractivity contribution in [2.45, 2.75) is 51.6 Å². The van der Waals surface area contributed by atoms with Crippen molar-refractivity contribution in [1.82, 2.24) is 14.4 Å². The van der Waals surface area contributed by atoms with Gasteiger partial charge in [0.25, 0.3) is 0 Å². The number of amides is 2. The van der Waals surface area contributed by atoms with Crippen LogP contribution in [0.5, 0.6) is 0 Å². The van der Waals surface area contributed by atoms with Crippen LogP contribution in [0.15, 0.2) is 48.7 Å². The fraction of sp³-hybridized carbons (Fsp3) is 0.520. The SMILES string of the molecule is CC(C)CN(Cc1cccn1C)C(=O)CN(C(=O)[C@@H]1C[C@H]1c1ccccc1)C1CC1. The Kier molecular flexibility index (Phi) is 5.98. The monoisotopic (exact) mass is 407 g/mol. The Bertz CT molecular complexity index is 885. The number of hydrogen-bond acceptors (Lipinski definition) is 2. The van der Waals surface area contributed by atoms with Crippen LogP contribution >= 0.6 is 0 Å². The highest BCUT2D eigenvalue weighted by Gasteiger charge is 2.48. The van der Waals surface area contributed by atoms with Gasteiger partial charge in [0.2, 0.25) is 11.8 Å². The van der Waals surface area contributed by atoms with Crippen molar-refractivity contribution in [3.8, 4) is 0 Å². The number of carbonyl (C=O) groups excluding carboxylic acids is 2. The van der Waals surface area contributed by atoms with Crippen LogP contribution in [0.4, 0.5) is 0 Å². The van der Waals surface area contributed by atoms with Gasteiger partial charge in [-0.2, -0.15) is 0 Å². The molecule has 0 aliphatic heterocycles. The molecule has 0 spiro atoms. The van der Waals surface area contributed by atoms with Gasteiger partial charge in [0, 0.05) is 37.4 Å². The summed E-state index contributed by atoms with van der Waals surface area (Å²) >= 11 is 0. The van der Waals surface area contributed by atoms with Crippen LogP contribution in [0.1, 0.15) is 50.3 Å². The largest absolute Gasteiger partial charge is 0.353 e. The van der Waals surface area contributed by atoms with Crippen molar-refractivity contribution in [3.05, 3.63) is 59.9 Å². The van der Waals surface area contributed by atoms with E-state index in [4.69, 9.17) is 0 Å². The third kappa shape index (κ3) is 4.77. The standard InChI is InChI=1S/C25H33N3O2/c1-18(2)15-27(16-21-10-7-13-26(21)3)24(29)17-28(20-11-12-20)25(30)23-14-22(23)19-8-5-4-6-9-19/h4-10,13,18,20,22-23H,11-12,14-17H2,1-3H3/t22-,23+/m0/s1. The average molecular weight is 408 g/mol. The molecule has 0 bridgehead atoms. The van der Waals surface area contributed by atoms with Crippen molar-refractivity contribution >= 4 is 11.8 Å². The Morgan fingerprint density at radius 1 is 1.10 bits per heavy atom. The smallest absolute Gasteiger partial charge is 0.242 e. The molecule has 1 aromatic heterocycles. The molecule has 2 saturated carbocycles. The second kappa shape index (κ2) is 8.66. The molecule has 1 aromatic carbocycles. The molecule has 0 unspecified atom stereocenters. The zero-order chi connectivity index (χ0) is 21.3. The first-order valence-corrected chi connectivity index (χ1v) is 11.2. The third-order valence-corrected chi connectivity index (χ3v) is 6.25. The fourth-order valence-electron chi connectivity index (χ4n) is 4.32. The second-order valence-corrected chi connectivity index (χ2v) is 9.34. The second-order valence-electron chi connectivity index (χ2n) is 9.34. The van der Waals surface area contributed by atoms with E-state index in [-0.39, 0.29) is 30.3 Å². The summed E-state index contributed by atoms with van der Waals surface area (Å²) in [5.74, 6) is 0.952. The summed E-state index contributed by atoms with van der Waals surface area (Å²) in [6, 6.07) is 14.6. The quantitative estimate of drug-likeness (QED) is 0.635. The van der Waals surface area contributed by atoms with Gasteiger partial charge in [-0.05, 0) is 48.8 Å². The Labute approximate surface area is 179 Å². The number of nitrogens with zero attached hydrogens (tertiary/aromatic N) is 3. The van der Waals surface area contributed by atoms with E-state index in [2.05, 4.69) is 36.6 Å². The molecule has 0 saturated heterocycles. The van der Waals surface area contributed by atoms with Crippen LogP contribution in [-0.2, 0) is 23.2 Å². The first-order valence-electron chi connectivity index (χ1n) is 11.2. The minimum atomic E-state index is 0.0345. The molecule has 30 heavy (non-hydrogen) atoms. The normalized spacial score (nSPS) is 20.3. The number of hydrogen-bond donors (Lipinski definition) is 0. The molecule has 4 rings (SSSR count). The van der Waals surface area contributed by atoms with Gasteiger partial charge >= 0.3 is 0 Å². The van der Waals surface area contributed by atoms with E-state index >= 15 is 0 Å². The summed E-state index contributed by atoms with van der Waals surface area (Å²) < 4.78 is 2.05. The lowest BCUT2D eigenvalue weighted by Gasteiger charge is -2.29. The molecule has 1 heterocycles. The summed E-state index contributed by atoms with van der Waals surface area (Å²) in [6.07, 6.45) is 4.94. The summed E-state index contributed by atoms with van der Waals surface area (Å²) in [5, 5.41) is 0. The predicted octanol–water partition coefficient (Wildman–Crippen LogP) is 3.80. The number of carbonyl (C=O) groups is 2. The molecule has 2 aromatic rings. The minimum Gasteiger partial charge on any atom is -0.353 e. The van der Waals surface area contributed by atoms with Gasteiger partial charge in [-0.1, -0.05) is 44.2 Å². The Morgan fingerprint density at radius 2 is 1.83 bits per heavy atom. The molecule has 2 atom stereocenters. The molecule has 0 radical (unpaired) electrons. The van der Waals surface area contributed by atoms with E-state index in [0.717, 1.165) is 25.0 Å². The van der Waals surface area contributed by atoms with E-state index in [1.807, 2.05) is 47.3 Å². The summed E-state index contributed by atoms with van der Waals surface area (Å²) in [7, 11) is 2.00. The van der Waals surface area contributed by atoms with Crippen LogP contribution in [-0.4, -0.2) is 45.3 Å². The minimum absolute atomic E-state index is 0.0345. The van der Waals surface area contributed by atoms with Crippen LogP contribution in [0.3, 0.4) is 0 Å². The fourth-order valence-corrected chi connectivity index (χ4v) is 4.32. The van der Waals surface area contributed by atoms with Crippen LogP contribution in [0, 0.1) is 11.8 Å². The molecule has 2 aliphatic rings. The van der Waals surface area contributed by atoms with Gasteiger partial charge in [0.05, 0.1) is 6.54 Å². The van der Waals surface area contributed by atoms with Crippen molar-refractivity contribution in [1.29, 1.82) is 0 Å². The van der Waals surface area contributed by atoms with E-state index in [9.17, 15) is 9.59 Å². The lowest BCUT2D eigenvalue weighted by atomic mass is 10.1. The van der Waals surface area contributed by atoms with Crippen LogP contribution in [0.25, 0.3) is 0 Å². The van der Waals surface area contributed by atoms with Crippen LogP contribution in [0.2, 0.25) is 0 Å². The average Bonchev–Trinajstić information content (AvgIpc) is 3.64. The van der Waals surface area contributed by atoms with Gasteiger partial charge < -0.3 is 14.4 Å². The molecule has 2 fully saturated rings. The van der Waals surface area contributed by atoms with Crippen molar-refractivity contribution in [2.24, 2.45) is 18.9 Å². The first kappa shape index (κ1) is 20.7. The molecule has 0 N–H and O–H groups in total. The topological polar surface area (TPSA) is 45.6 Å². The zero-order valence-corrected chi connectivity index (χ0v) is 18.3. The Hall–Kier alpha value is -2.56. The van der Waals surface area contributed by atoms with Gasteiger partial charge in [-0.3, -0.25) is 9.59 Å². The van der Waals surface area contributed by atoms with E-state index in [0.29, 0.717) is 24.9 Å². The maximum Gasteiger partial charge on any atom is 0.242 e. The summed E-state index contributed by atoms with van der Waals surface area (Å²) in [4.78, 5) is 30.4. The molecule has 2 aliphatic carbocycles. The van der Waals surface area contributed by atoms with Crippen molar-refractivity contribution in [2.75, 3.05) is 13.1 Å². The van der Waals surface area contributed by atoms with E-state index in [1.54, 1.807) is 0 Å². The predicted molar refractivity (Wildman–Crippen MR) is 118 cm³/mol. The van der Waals surface area contributed by atoms with Crippen LogP contribution < -0.4 is 0 Å². The van der Waals surface area contributed by atoms with Gasteiger partial charge in [-0.15, -0.1) is 0 Å². The molecule has 160 valence electrons. The number of aromatic nitrogens is 1. The summed E-state index contributed by atoms with van der Waals surface area (Å²) in [6.45, 7) is 5.75. The highest BCUT2D eigenvalue weighted by atomic mass is 16.2. The lowest BCUT2D eigenvalue weighted by Crippen LogP contribution is -2.45. The van der Waals surface area contributed by atoms with Gasteiger partial charge in [0.1, 0.15) is 6.54 Å². The number of benzene rings is 1. The number of rotatable bonds is 9. The molecule has 5 heteroatoms. The molecular formula is C25H33N3O2. The highest BCUT2D eigenvalue weighted by molar-refractivity contribution is 5.88. The maximum atomic E-state index is 13.3. The molecular weight excluding hydrogens is 374 g/mol. The first-order chi connectivity index (χ1) is 14.4. The summed E-state index contributed by atoms with van der Waals surface area (Å²) in [5.41, 5.74) is 2.35.